The standard InChI is InChI=1S/C12H24N2S/c1-3-11(9-15-2)13-12-5-7-14-6-4-10(12)8-14/h10-13H,3-9H2,1-2H3. The largest absolute Gasteiger partial charge is 0.310 e. The zero-order chi connectivity index (χ0) is 10.7. The van der Waals surface area contributed by atoms with Crippen LogP contribution < -0.4 is 5.32 Å². The van der Waals surface area contributed by atoms with Gasteiger partial charge in [0, 0.05) is 24.4 Å². The summed E-state index contributed by atoms with van der Waals surface area (Å²) in [7, 11) is 0. The first-order chi connectivity index (χ1) is 7.33. The summed E-state index contributed by atoms with van der Waals surface area (Å²) in [6.45, 7) is 6.33. The van der Waals surface area contributed by atoms with Gasteiger partial charge in [-0.25, -0.2) is 0 Å². The van der Waals surface area contributed by atoms with Gasteiger partial charge in [-0.05, 0) is 44.5 Å². The molecule has 0 aromatic rings. The molecule has 15 heavy (non-hydrogen) atoms. The molecule has 2 fully saturated rings. The quantitative estimate of drug-likeness (QED) is 0.772. The number of piperidine rings is 1. The van der Waals surface area contributed by atoms with E-state index in [2.05, 4.69) is 23.4 Å². The highest BCUT2D eigenvalue weighted by molar-refractivity contribution is 7.98. The molecular formula is C12H24N2S. The molecule has 2 heterocycles. The Labute approximate surface area is 98.2 Å². The Hall–Kier alpha value is 0.270. The molecule has 0 aliphatic carbocycles. The SMILES string of the molecule is CCC(CSC)NC1CCN2CCC1C2. The molecule has 0 aromatic carbocycles. The highest BCUT2D eigenvalue weighted by atomic mass is 32.2. The lowest BCUT2D eigenvalue weighted by Crippen LogP contribution is -2.48. The molecule has 2 saturated heterocycles. The van der Waals surface area contributed by atoms with Crippen molar-refractivity contribution in [3.05, 3.63) is 0 Å². The molecule has 4 atom stereocenters. The van der Waals surface area contributed by atoms with Crippen LogP contribution in [0.5, 0.6) is 0 Å². The van der Waals surface area contributed by atoms with Crippen molar-refractivity contribution in [3.8, 4) is 0 Å². The molecule has 2 rings (SSSR count). The molecule has 0 amide bonds. The fourth-order valence-corrected chi connectivity index (χ4v) is 3.69. The Morgan fingerprint density at radius 1 is 1.40 bits per heavy atom. The van der Waals surface area contributed by atoms with Crippen molar-refractivity contribution in [2.24, 2.45) is 5.92 Å². The van der Waals surface area contributed by atoms with Crippen LogP contribution in [-0.4, -0.2) is 48.6 Å². The van der Waals surface area contributed by atoms with Crippen LogP contribution in [0.1, 0.15) is 26.2 Å². The summed E-state index contributed by atoms with van der Waals surface area (Å²) in [6, 6.07) is 1.54. The van der Waals surface area contributed by atoms with E-state index in [1.165, 1.54) is 44.6 Å². The summed E-state index contributed by atoms with van der Waals surface area (Å²) < 4.78 is 0. The molecule has 2 aliphatic rings. The predicted octanol–water partition coefficient (Wildman–Crippen LogP) is 1.81. The minimum Gasteiger partial charge on any atom is -0.310 e. The Kier molecular flexibility index (Phi) is 4.35. The topological polar surface area (TPSA) is 15.3 Å². The van der Waals surface area contributed by atoms with E-state index in [1.54, 1.807) is 0 Å². The van der Waals surface area contributed by atoms with Crippen LogP contribution in [0.3, 0.4) is 0 Å². The Bertz CT molecular complexity index is 198. The summed E-state index contributed by atoms with van der Waals surface area (Å²) in [5.74, 6) is 2.21. The summed E-state index contributed by atoms with van der Waals surface area (Å²) >= 11 is 1.97. The second-order valence-electron chi connectivity index (χ2n) is 4.97. The third-order valence-electron chi connectivity index (χ3n) is 3.94. The fourth-order valence-electron chi connectivity index (χ4n) is 2.96. The van der Waals surface area contributed by atoms with Crippen LogP contribution in [0, 0.1) is 5.92 Å². The fraction of sp³-hybridized carbons (Fsp3) is 1.00. The minimum absolute atomic E-state index is 0.733. The van der Waals surface area contributed by atoms with Crippen molar-refractivity contribution in [2.75, 3.05) is 31.6 Å². The van der Waals surface area contributed by atoms with Crippen LogP contribution in [0.4, 0.5) is 0 Å². The van der Waals surface area contributed by atoms with E-state index >= 15 is 0 Å². The molecule has 0 saturated carbocycles. The minimum atomic E-state index is 0.733. The number of rotatable bonds is 5. The summed E-state index contributed by atoms with van der Waals surface area (Å²) in [5, 5.41) is 3.89. The predicted molar refractivity (Wildman–Crippen MR) is 68.5 cm³/mol. The molecular weight excluding hydrogens is 204 g/mol. The van der Waals surface area contributed by atoms with Gasteiger partial charge in [0.1, 0.15) is 0 Å². The van der Waals surface area contributed by atoms with Gasteiger partial charge in [0.25, 0.3) is 0 Å². The average molecular weight is 228 g/mol. The first-order valence-electron chi connectivity index (χ1n) is 6.30. The first-order valence-corrected chi connectivity index (χ1v) is 7.70. The van der Waals surface area contributed by atoms with Crippen LogP contribution in [0.25, 0.3) is 0 Å². The van der Waals surface area contributed by atoms with Gasteiger partial charge in [-0.1, -0.05) is 6.92 Å². The summed E-state index contributed by atoms with van der Waals surface area (Å²) in [6.07, 6.45) is 6.28. The highest BCUT2D eigenvalue weighted by Gasteiger charge is 2.34. The molecule has 2 aliphatic heterocycles. The van der Waals surface area contributed by atoms with Gasteiger partial charge in [0.2, 0.25) is 0 Å². The molecule has 2 nitrogen and oxygen atoms in total. The second kappa shape index (κ2) is 5.55. The maximum absolute atomic E-state index is 3.89. The Morgan fingerprint density at radius 3 is 2.93 bits per heavy atom. The van der Waals surface area contributed by atoms with E-state index in [-0.39, 0.29) is 0 Å². The van der Waals surface area contributed by atoms with E-state index in [0.29, 0.717) is 0 Å². The summed E-state index contributed by atoms with van der Waals surface area (Å²) in [4.78, 5) is 2.62. The number of fused-ring (bicyclic) bond motifs is 2. The van der Waals surface area contributed by atoms with Crippen molar-refractivity contribution < 1.29 is 0 Å². The number of hydrogen-bond donors (Lipinski definition) is 1. The maximum Gasteiger partial charge on any atom is 0.0158 e. The molecule has 1 N–H and O–H groups in total. The molecule has 3 heteroatoms. The third kappa shape index (κ3) is 2.89. The van der Waals surface area contributed by atoms with Crippen molar-refractivity contribution in [3.63, 3.8) is 0 Å². The smallest absolute Gasteiger partial charge is 0.0158 e. The van der Waals surface area contributed by atoms with E-state index in [9.17, 15) is 0 Å². The molecule has 4 unspecified atom stereocenters. The van der Waals surface area contributed by atoms with Crippen molar-refractivity contribution >= 4 is 11.8 Å². The van der Waals surface area contributed by atoms with Gasteiger partial charge in [-0.15, -0.1) is 0 Å². The van der Waals surface area contributed by atoms with Gasteiger partial charge in [0.15, 0.2) is 0 Å². The van der Waals surface area contributed by atoms with Gasteiger partial charge in [-0.3, -0.25) is 0 Å². The first kappa shape index (κ1) is 11.7. The van der Waals surface area contributed by atoms with E-state index in [4.69, 9.17) is 0 Å². The van der Waals surface area contributed by atoms with Gasteiger partial charge in [-0.2, -0.15) is 11.8 Å². The van der Waals surface area contributed by atoms with Crippen molar-refractivity contribution in [2.45, 2.75) is 38.3 Å². The lowest BCUT2D eigenvalue weighted by atomic mass is 9.93. The number of hydrogen-bond acceptors (Lipinski definition) is 3. The number of nitrogens with one attached hydrogen (secondary N) is 1. The molecule has 2 bridgehead atoms. The normalized spacial score (nSPS) is 36.8. The van der Waals surface area contributed by atoms with Crippen LogP contribution in [-0.2, 0) is 0 Å². The van der Waals surface area contributed by atoms with E-state index in [1.807, 2.05) is 11.8 Å². The molecule has 0 aromatic heterocycles. The van der Waals surface area contributed by atoms with E-state index in [0.717, 1.165) is 18.0 Å². The monoisotopic (exact) mass is 228 g/mol. The highest BCUT2D eigenvalue weighted by Crippen LogP contribution is 2.27. The van der Waals surface area contributed by atoms with E-state index < -0.39 is 0 Å². The van der Waals surface area contributed by atoms with Crippen molar-refractivity contribution in [1.82, 2.24) is 10.2 Å². The van der Waals surface area contributed by atoms with Crippen LogP contribution in [0.2, 0.25) is 0 Å². The number of thioether (sulfide) groups is 1. The van der Waals surface area contributed by atoms with Gasteiger partial charge < -0.3 is 10.2 Å². The lowest BCUT2D eigenvalue weighted by Gasteiger charge is -2.33. The second-order valence-corrected chi connectivity index (χ2v) is 5.88. The molecule has 88 valence electrons. The van der Waals surface area contributed by atoms with Crippen molar-refractivity contribution in [1.29, 1.82) is 0 Å². The Morgan fingerprint density at radius 2 is 2.20 bits per heavy atom. The summed E-state index contributed by atoms with van der Waals surface area (Å²) in [5.41, 5.74) is 0. The zero-order valence-electron chi connectivity index (χ0n) is 10.0. The average Bonchev–Trinajstić information content (AvgIpc) is 2.64. The van der Waals surface area contributed by atoms with Crippen LogP contribution >= 0.6 is 11.8 Å². The molecule has 0 spiro atoms. The van der Waals surface area contributed by atoms with Gasteiger partial charge in [0.05, 0.1) is 0 Å². The zero-order valence-corrected chi connectivity index (χ0v) is 10.9. The molecule has 0 radical (unpaired) electrons. The third-order valence-corrected chi connectivity index (χ3v) is 4.68. The Balaban J connectivity index is 1.82. The lowest BCUT2D eigenvalue weighted by molar-refractivity contribution is 0.211. The van der Waals surface area contributed by atoms with Gasteiger partial charge >= 0.3 is 0 Å². The number of nitrogens with zero attached hydrogens (tertiary/aromatic N) is 1. The van der Waals surface area contributed by atoms with Crippen LogP contribution in [0.15, 0.2) is 0 Å². The maximum atomic E-state index is 3.89.